The molecule has 0 spiro atoms. The fourth-order valence-electron chi connectivity index (χ4n) is 4.34. The van der Waals surface area contributed by atoms with E-state index in [0.717, 1.165) is 24.9 Å². The first-order chi connectivity index (χ1) is 14.1. The summed E-state index contributed by atoms with van der Waals surface area (Å²) in [6.45, 7) is 3.35. The van der Waals surface area contributed by atoms with Gasteiger partial charge in [-0.2, -0.15) is 0 Å². The van der Waals surface area contributed by atoms with E-state index in [0.29, 0.717) is 34.6 Å². The van der Waals surface area contributed by atoms with E-state index in [4.69, 9.17) is 25.8 Å². The van der Waals surface area contributed by atoms with Crippen molar-refractivity contribution in [2.24, 2.45) is 0 Å². The third kappa shape index (κ3) is 3.40. The number of anilines is 1. The molecule has 2 aromatic carbocycles. The lowest BCUT2D eigenvalue weighted by Gasteiger charge is -2.31. The summed E-state index contributed by atoms with van der Waals surface area (Å²) in [6.07, 6.45) is 1.59. The monoisotopic (exact) mass is 416 g/mol. The number of carbonyl (C=O) groups excluding carboxylic acids is 1. The van der Waals surface area contributed by atoms with Crippen molar-refractivity contribution < 1.29 is 19.0 Å². The van der Waals surface area contributed by atoms with Gasteiger partial charge in [0.25, 0.3) is 0 Å². The number of halogens is 1. The third-order valence-corrected chi connectivity index (χ3v) is 5.80. The average Bonchev–Trinajstić information content (AvgIpc) is 3.30. The molecule has 0 aliphatic carbocycles. The molecule has 2 aliphatic rings. The molecule has 6 nitrogen and oxygen atoms in total. The summed E-state index contributed by atoms with van der Waals surface area (Å²) in [5.41, 5.74) is 1.64. The Morgan fingerprint density at radius 2 is 1.83 bits per heavy atom. The topological polar surface area (TPSA) is 51.2 Å². The van der Waals surface area contributed by atoms with E-state index in [9.17, 15) is 4.79 Å². The number of nitrogens with zero attached hydrogens (tertiary/aromatic N) is 2. The van der Waals surface area contributed by atoms with Gasteiger partial charge in [0.2, 0.25) is 5.91 Å². The Kier molecular flexibility index (Phi) is 5.56. The fraction of sp³-hybridized carbons (Fsp3) is 0.409. The molecule has 2 saturated heterocycles. The first kappa shape index (κ1) is 19.9. The summed E-state index contributed by atoms with van der Waals surface area (Å²) in [7, 11) is 3.22. The Hall–Kier alpha value is -2.44. The smallest absolute Gasteiger partial charge is 0.246 e. The van der Waals surface area contributed by atoms with Gasteiger partial charge in [-0.15, -0.1) is 0 Å². The minimum atomic E-state index is -0.257. The van der Waals surface area contributed by atoms with E-state index in [1.807, 2.05) is 30.0 Å². The van der Waals surface area contributed by atoms with Gasteiger partial charge in [0.1, 0.15) is 11.9 Å². The summed E-state index contributed by atoms with van der Waals surface area (Å²) >= 11 is 6.27. The molecule has 0 radical (unpaired) electrons. The van der Waals surface area contributed by atoms with Crippen LogP contribution in [0.3, 0.4) is 0 Å². The lowest BCUT2D eigenvalue weighted by Crippen LogP contribution is -2.32. The predicted octanol–water partition coefficient (Wildman–Crippen LogP) is 4.27. The molecule has 0 saturated carbocycles. The number of hydrogen-bond acceptors (Lipinski definition) is 5. The highest BCUT2D eigenvalue weighted by Gasteiger charge is 2.50. The zero-order valence-corrected chi connectivity index (χ0v) is 17.6. The van der Waals surface area contributed by atoms with Crippen LogP contribution in [0.2, 0.25) is 5.02 Å². The molecule has 2 unspecified atom stereocenters. The summed E-state index contributed by atoms with van der Waals surface area (Å²) in [4.78, 5) is 17.5. The van der Waals surface area contributed by atoms with Crippen LogP contribution in [0.1, 0.15) is 31.5 Å². The molecule has 2 heterocycles. The van der Waals surface area contributed by atoms with E-state index in [2.05, 4.69) is 4.90 Å². The van der Waals surface area contributed by atoms with Crippen molar-refractivity contribution in [3.8, 4) is 17.2 Å². The number of carbonyl (C=O) groups is 1. The van der Waals surface area contributed by atoms with Crippen LogP contribution in [0.15, 0.2) is 36.4 Å². The Balaban J connectivity index is 1.83. The normalized spacial score (nSPS) is 21.4. The molecule has 29 heavy (non-hydrogen) atoms. The summed E-state index contributed by atoms with van der Waals surface area (Å²) in [5, 5.41) is 0.559. The standard InChI is InChI=1S/C22H25ClN2O4/c1-4-29-19-9-7-14(12-20(19)28-3)21-24-11-5-6-16(24)22(26)25(21)17-13-15(23)8-10-18(17)27-2/h7-10,12-13,16,21H,4-6,11H2,1-3H3. The SMILES string of the molecule is CCOc1ccc(C2N(c3cc(Cl)ccc3OC)C(=O)C3CCCN32)cc1OC. The molecule has 2 aromatic rings. The molecule has 1 amide bonds. The maximum atomic E-state index is 13.4. The molecule has 2 aliphatic heterocycles. The number of benzene rings is 2. The molecule has 0 aromatic heterocycles. The van der Waals surface area contributed by atoms with E-state index >= 15 is 0 Å². The number of methoxy groups -OCH3 is 2. The zero-order chi connectivity index (χ0) is 20.5. The molecular weight excluding hydrogens is 392 g/mol. The maximum absolute atomic E-state index is 13.4. The molecule has 7 heteroatoms. The number of ether oxygens (including phenoxy) is 3. The van der Waals surface area contributed by atoms with Crippen molar-refractivity contribution >= 4 is 23.2 Å². The Labute approximate surface area is 175 Å². The van der Waals surface area contributed by atoms with Gasteiger partial charge >= 0.3 is 0 Å². The van der Waals surface area contributed by atoms with Crippen LogP contribution in [0, 0.1) is 0 Å². The highest BCUT2D eigenvalue weighted by molar-refractivity contribution is 6.31. The van der Waals surface area contributed by atoms with E-state index in [-0.39, 0.29) is 18.1 Å². The predicted molar refractivity (Wildman–Crippen MR) is 112 cm³/mol. The second-order valence-corrected chi connectivity index (χ2v) is 7.57. The lowest BCUT2D eigenvalue weighted by atomic mass is 10.1. The van der Waals surface area contributed by atoms with Crippen molar-refractivity contribution in [2.75, 3.05) is 32.3 Å². The van der Waals surface area contributed by atoms with E-state index < -0.39 is 0 Å². The van der Waals surface area contributed by atoms with Gasteiger partial charge < -0.3 is 14.2 Å². The van der Waals surface area contributed by atoms with E-state index in [1.165, 1.54) is 0 Å². The van der Waals surface area contributed by atoms with Crippen molar-refractivity contribution in [1.82, 2.24) is 4.90 Å². The summed E-state index contributed by atoms with van der Waals surface area (Å²) in [6, 6.07) is 11.1. The first-order valence-electron chi connectivity index (χ1n) is 9.82. The number of amides is 1. The van der Waals surface area contributed by atoms with Crippen LogP contribution < -0.4 is 19.1 Å². The quantitative estimate of drug-likeness (QED) is 0.704. The number of hydrogen-bond donors (Lipinski definition) is 0. The Morgan fingerprint density at radius 1 is 1.07 bits per heavy atom. The van der Waals surface area contributed by atoms with Gasteiger partial charge in [0.15, 0.2) is 11.5 Å². The molecule has 2 fully saturated rings. The summed E-state index contributed by atoms with van der Waals surface area (Å²) < 4.78 is 16.8. The van der Waals surface area contributed by atoms with Gasteiger partial charge in [-0.05, 0) is 55.7 Å². The van der Waals surface area contributed by atoms with Gasteiger partial charge in [-0.25, -0.2) is 0 Å². The van der Waals surface area contributed by atoms with Gasteiger partial charge in [0.05, 0.1) is 32.6 Å². The molecule has 0 N–H and O–H groups in total. The highest BCUT2D eigenvalue weighted by Crippen LogP contribution is 2.47. The summed E-state index contributed by atoms with van der Waals surface area (Å²) in [5.74, 6) is 2.03. The lowest BCUT2D eigenvalue weighted by molar-refractivity contribution is -0.119. The van der Waals surface area contributed by atoms with Gasteiger partial charge in [0, 0.05) is 11.6 Å². The zero-order valence-electron chi connectivity index (χ0n) is 16.9. The molecule has 2 atom stereocenters. The Morgan fingerprint density at radius 3 is 2.55 bits per heavy atom. The van der Waals surface area contributed by atoms with Crippen LogP contribution in [0.5, 0.6) is 17.2 Å². The molecular formula is C22H25ClN2O4. The first-order valence-corrected chi connectivity index (χ1v) is 10.2. The number of rotatable bonds is 6. The van der Waals surface area contributed by atoms with Gasteiger partial charge in [-0.3, -0.25) is 14.6 Å². The van der Waals surface area contributed by atoms with Crippen LogP contribution in [0.25, 0.3) is 0 Å². The van der Waals surface area contributed by atoms with E-state index in [1.54, 1.807) is 32.4 Å². The van der Waals surface area contributed by atoms with Crippen LogP contribution in [0.4, 0.5) is 5.69 Å². The van der Waals surface area contributed by atoms with Crippen molar-refractivity contribution in [1.29, 1.82) is 0 Å². The van der Waals surface area contributed by atoms with Crippen molar-refractivity contribution in [3.05, 3.63) is 47.0 Å². The van der Waals surface area contributed by atoms with Crippen molar-refractivity contribution in [2.45, 2.75) is 32.0 Å². The minimum absolute atomic E-state index is 0.0703. The van der Waals surface area contributed by atoms with Crippen LogP contribution in [-0.4, -0.2) is 44.2 Å². The molecule has 4 rings (SSSR count). The molecule has 0 bridgehead atoms. The van der Waals surface area contributed by atoms with Crippen LogP contribution >= 0.6 is 11.6 Å². The molecule has 154 valence electrons. The largest absolute Gasteiger partial charge is 0.495 e. The second-order valence-electron chi connectivity index (χ2n) is 7.14. The average molecular weight is 417 g/mol. The highest BCUT2D eigenvalue weighted by atomic mass is 35.5. The van der Waals surface area contributed by atoms with Crippen LogP contribution in [-0.2, 0) is 4.79 Å². The Bertz CT molecular complexity index is 920. The van der Waals surface area contributed by atoms with Gasteiger partial charge in [-0.1, -0.05) is 17.7 Å². The number of fused-ring (bicyclic) bond motifs is 1. The van der Waals surface area contributed by atoms with Crippen molar-refractivity contribution in [3.63, 3.8) is 0 Å². The fourth-order valence-corrected chi connectivity index (χ4v) is 4.50. The minimum Gasteiger partial charge on any atom is -0.495 e. The second kappa shape index (κ2) is 8.13. The maximum Gasteiger partial charge on any atom is 0.246 e. The third-order valence-electron chi connectivity index (χ3n) is 5.56.